The maximum absolute atomic E-state index is 11.9. The van der Waals surface area contributed by atoms with Crippen molar-refractivity contribution in [3.05, 3.63) is 0 Å². The molecule has 1 saturated carbocycles. The number of hydrogen-bond donors (Lipinski definition) is 1. The number of morpholine rings is 1. The van der Waals surface area contributed by atoms with Crippen LogP contribution in [0.25, 0.3) is 0 Å². The number of carbonyl (C=O) groups is 1. The third-order valence-electron chi connectivity index (χ3n) is 3.85. The van der Waals surface area contributed by atoms with E-state index in [1.807, 2.05) is 0 Å². The molecule has 5 nitrogen and oxygen atoms in total. The van der Waals surface area contributed by atoms with Crippen LogP contribution in [0.5, 0.6) is 0 Å². The topological polar surface area (TPSA) is 64.8 Å². The lowest BCUT2D eigenvalue weighted by atomic mass is 9.93. The Balaban J connectivity index is 1.76. The van der Waals surface area contributed by atoms with Crippen LogP contribution >= 0.6 is 0 Å². The zero-order chi connectivity index (χ0) is 12.8. The summed E-state index contributed by atoms with van der Waals surface area (Å²) in [5, 5.41) is 0. The largest absolute Gasteiger partial charge is 0.447 e. The molecule has 0 aromatic carbocycles. The SMILES string of the molecule is NC1(COC(=O)N2CCOCC2)CCCCCC1. The minimum Gasteiger partial charge on any atom is -0.447 e. The second-order valence-corrected chi connectivity index (χ2v) is 5.43. The highest BCUT2D eigenvalue weighted by molar-refractivity contribution is 5.67. The van der Waals surface area contributed by atoms with Crippen molar-refractivity contribution in [1.82, 2.24) is 4.90 Å². The fourth-order valence-electron chi connectivity index (χ4n) is 2.62. The Bertz CT molecular complexity index is 269. The van der Waals surface area contributed by atoms with Gasteiger partial charge in [0.05, 0.1) is 18.8 Å². The molecule has 1 aliphatic heterocycles. The van der Waals surface area contributed by atoms with E-state index in [2.05, 4.69) is 0 Å². The summed E-state index contributed by atoms with van der Waals surface area (Å²) in [6, 6.07) is 0. The molecule has 5 heteroatoms. The molecular formula is C13H24N2O3. The summed E-state index contributed by atoms with van der Waals surface area (Å²) < 4.78 is 10.6. The number of rotatable bonds is 2. The summed E-state index contributed by atoms with van der Waals surface area (Å²) in [7, 11) is 0. The normalized spacial score (nSPS) is 24.4. The third kappa shape index (κ3) is 3.85. The number of carbonyl (C=O) groups excluding carboxylic acids is 1. The molecular weight excluding hydrogens is 232 g/mol. The highest BCUT2D eigenvalue weighted by atomic mass is 16.6. The molecule has 0 radical (unpaired) electrons. The van der Waals surface area contributed by atoms with Crippen molar-refractivity contribution in [2.75, 3.05) is 32.9 Å². The van der Waals surface area contributed by atoms with E-state index in [-0.39, 0.29) is 11.6 Å². The number of nitrogens with zero attached hydrogens (tertiary/aromatic N) is 1. The molecule has 104 valence electrons. The minimum absolute atomic E-state index is 0.243. The van der Waals surface area contributed by atoms with Crippen LogP contribution in [0.1, 0.15) is 38.5 Å². The quantitative estimate of drug-likeness (QED) is 0.761. The van der Waals surface area contributed by atoms with Crippen LogP contribution in [0.4, 0.5) is 4.79 Å². The number of hydrogen-bond acceptors (Lipinski definition) is 4. The molecule has 0 unspecified atom stereocenters. The Hall–Kier alpha value is -0.810. The Morgan fingerprint density at radius 1 is 1.17 bits per heavy atom. The van der Waals surface area contributed by atoms with Crippen LogP contribution in [-0.4, -0.2) is 49.4 Å². The fraction of sp³-hybridized carbons (Fsp3) is 0.923. The Kier molecular flexibility index (Phi) is 4.83. The fourth-order valence-corrected chi connectivity index (χ4v) is 2.62. The summed E-state index contributed by atoms with van der Waals surface area (Å²) in [6.07, 6.45) is 6.46. The van der Waals surface area contributed by atoms with E-state index < -0.39 is 0 Å². The first kappa shape index (κ1) is 13.6. The van der Waals surface area contributed by atoms with Gasteiger partial charge in [-0.25, -0.2) is 4.79 Å². The predicted octanol–water partition coefficient (Wildman–Crippen LogP) is 1.51. The predicted molar refractivity (Wildman–Crippen MR) is 68.4 cm³/mol. The molecule has 2 aliphatic rings. The molecule has 18 heavy (non-hydrogen) atoms. The first-order chi connectivity index (χ1) is 8.70. The van der Waals surface area contributed by atoms with Crippen molar-refractivity contribution in [2.24, 2.45) is 5.73 Å². The molecule has 1 saturated heterocycles. The minimum atomic E-state index is -0.307. The van der Waals surface area contributed by atoms with Gasteiger partial charge in [0, 0.05) is 13.1 Å². The van der Waals surface area contributed by atoms with E-state index in [4.69, 9.17) is 15.2 Å². The van der Waals surface area contributed by atoms with E-state index in [0.29, 0.717) is 32.9 Å². The van der Waals surface area contributed by atoms with Crippen molar-refractivity contribution in [2.45, 2.75) is 44.1 Å². The molecule has 1 amide bonds. The summed E-state index contributed by atoms with van der Waals surface area (Å²) in [5.74, 6) is 0. The van der Waals surface area contributed by atoms with E-state index >= 15 is 0 Å². The van der Waals surface area contributed by atoms with Gasteiger partial charge in [0.15, 0.2) is 0 Å². The zero-order valence-electron chi connectivity index (χ0n) is 11.0. The van der Waals surface area contributed by atoms with Gasteiger partial charge in [-0.1, -0.05) is 25.7 Å². The molecule has 0 spiro atoms. The zero-order valence-corrected chi connectivity index (χ0v) is 11.0. The van der Waals surface area contributed by atoms with E-state index in [1.54, 1.807) is 4.90 Å². The van der Waals surface area contributed by atoms with E-state index in [9.17, 15) is 4.79 Å². The van der Waals surface area contributed by atoms with Crippen LogP contribution in [0.3, 0.4) is 0 Å². The van der Waals surface area contributed by atoms with Crippen molar-refractivity contribution in [3.8, 4) is 0 Å². The summed E-state index contributed by atoms with van der Waals surface area (Å²) in [4.78, 5) is 13.6. The van der Waals surface area contributed by atoms with Crippen LogP contribution < -0.4 is 5.73 Å². The van der Waals surface area contributed by atoms with Crippen LogP contribution in [0.15, 0.2) is 0 Å². The maximum Gasteiger partial charge on any atom is 0.409 e. The molecule has 0 bridgehead atoms. The first-order valence-corrected chi connectivity index (χ1v) is 6.98. The van der Waals surface area contributed by atoms with E-state index in [0.717, 1.165) is 25.7 Å². The Morgan fingerprint density at radius 2 is 1.78 bits per heavy atom. The van der Waals surface area contributed by atoms with Gasteiger partial charge in [-0.3, -0.25) is 0 Å². The monoisotopic (exact) mass is 256 g/mol. The molecule has 1 heterocycles. The van der Waals surface area contributed by atoms with Gasteiger partial charge in [-0.2, -0.15) is 0 Å². The summed E-state index contributed by atoms with van der Waals surface area (Å²) in [5.41, 5.74) is 6.01. The lowest BCUT2D eigenvalue weighted by Crippen LogP contribution is -2.47. The third-order valence-corrected chi connectivity index (χ3v) is 3.85. The average Bonchev–Trinajstić information content (AvgIpc) is 2.62. The second kappa shape index (κ2) is 6.38. The van der Waals surface area contributed by atoms with Crippen molar-refractivity contribution >= 4 is 6.09 Å². The number of ether oxygens (including phenoxy) is 2. The molecule has 0 atom stereocenters. The smallest absolute Gasteiger partial charge is 0.409 e. The van der Waals surface area contributed by atoms with Crippen LogP contribution in [0, 0.1) is 0 Å². The lowest BCUT2D eigenvalue weighted by Gasteiger charge is -2.30. The molecule has 2 rings (SSSR count). The summed E-state index contributed by atoms with van der Waals surface area (Å²) in [6.45, 7) is 2.79. The lowest BCUT2D eigenvalue weighted by molar-refractivity contribution is 0.0197. The van der Waals surface area contributed by atoms with Gasteiger partial charge in [0.2, 0.25) is 0 Å². The van der Waals surface area contributed by atoms with Crippen molar-refractivity contribution in [1.29, 1.82) is 0 Å². The molecule has 1 aliphatic carbocycles. The highest BCUT2D eigenvalue weighted by Crippen LogP contribution is 2.25. The molecule has 2 N–H and O–H groups in total. The van der Waals surface area contributed by atoms with Crippen LogP contribution in [-0.2, 0) is 9.47 Å². The van der Waals surface area contributed by atoms with Gasteiger partial charge in [-0.05, 0) is 12.8 Å². The molecule has 0 aromatic rings. The van der Waals surface area contributed by atoms with Crippen molar-refractivity contribution in [3.63, 3.8) is 0 Å². The Morgan fingerprint density at radius 3 is 2.39 bits per heavy atom. The standard InChI is InChI=1S/C13H24N2O3/c14-13(5-3-1-2-4-6-13)11-18-12(16)15-7-9-17-10-8-15/h1-11,14H2. The maximum atomic E-state index is 11.9. The van der Waals surface area contributed by atoms with Gasteiger partial charge in [0.1, 0.15) is 6.61 Å². The van der Waals surface area contributed by atoms with Gasteiger partial charge < -0.3 is 20.1 Å². The summed E-state index contributed by atoms with van der Waals surface area (Å²) >= 11 is 0. The van der Waals surface area contributed by atoms with Gasteiger partial charge in [-0.15, -0.1) is 0 Å². The molecule has 2 fully saturated rings. The number of nitrogens with two attached hydrogens (primary N) is 1. The second-order valence-electron chi connectivity index (χ2n) is 5.43. The highest BCUT2D eigenvalue weighted by Gasteiger charge is 2.29. The van der Waals surface area contributed by atoms with Crippen molar-refractivity contribution < 1.29 is 14.3 Å². The van der Waals surface area contributed by atoms with Crippen LogP contribution in [0.2, 0.25) is 0 Å². The van der Waals surface area contributed by atoms with Gasteiger partial charge in [0.25, 0.3) is 0 Å². The average molecular weight is 256 g/mol. The van der Waals surface area contributed by atoms with Gasteiger partial charge >= 0.3 is 6.09 Å². The Labute approximate surface area is 109 Å². The van der Waals surface area contributed by atoms with E-state index in [1.165, 1.54) is 12.8 Å². The molecule has 0 aromatic heterocycles. The first-order valence-electron chi connectivity index (χ1n) is 6.98. The number of amides is 1.